The third kappa shape index (κ3) is 1.94. The Morgan fingerprint density at radius 2 is 1.90 bits per heavy atom. The molecule has 1 aromatic heterocycles. The standard InChI is InChI=1S/C17H13NO2S/c19-15(20)11-6-7-13-14(10-11)21-16(18-13)17(8-9-17)12-4-2-1-3-5-12/h1-7,10H,8-9H2,(H,19,20). The maximum Gasteiger partial charge on any atom is 0.335 e. The first-order valence-electron chi connectivity index (χ1n) is 6.89. The number of rotatable bonds is 3. The molecule has 0 unspecified atom stereocenters. The predicted molar refractivity (Wildman–Crippen MR) is 83.0 cm³/mol. The molecule has 1 aliphatic carbocycles. The highest BCUT2D eigenvalue weighted by atomic mass is 32.1. The fourth-order valence-corrected chi connectivity index (χ4v) is 4.04. The van der Waals surface area contributed by atoms with Crippen molar-refractivity contribution in [1.29, 1.82) is 0 Å². The van der Waals surface area contributed by atoms with Gasteiger partial charge in [0.25, 0.3) is 0 Å². The van der Waals surface area contributed by atoms with Crippen molar-refractivity contribution in [2.75, 3.05) is 0 Å². The third-order valence-electron chi connectivity index (χ3n) is 4.12. The highest BCUT2D eigenvalue weighted by molar-refractivity contribution is 7.18. The number of aromatic carboxylic acids is 1. The van der Waals surface area contributed by atoms with E-state index in [2.05, 4.69) is 24.3 Å². The summed E-state index contributed by atoms with van der Waals surface area (Å²) in [6.45, 7) is 0. The van der Waals surface area contributed by atoms with Gasteiger partial charge in [-0.25, -0.2) is 9.78 Å². The number of carboxylic acids is 1. The zero-order valence-electron chi connectivity index (χ0n) is 11.2. The molecule has 0 radical (unpaired) electrons. The molecule has 4 rings (SSSR count). The Bertz CT molecular complexity index is 834. The first kappa shape index (κ1) is 12.5. The molecule has 3 nitrogen and oxygen atoms in total. The maximum atomic E-state index is 11.1. The summed E-state index contributed by atoms with van der Waals surface area (Å²) in [6, 6.07) is 15.6. The van der Waals surface area contributed by atoms with Crippen LogP contribution >= 0.6 is 11.3 Å². The van der Waals surface area contributed by atoms with Crippen LogP contribution in [0, 0.1) is 0 Å². The van der Waals surface area contributed by atoms with Gasteiger partial charge in [0.1, 0.15) is 5.01 Å². The lowest BCUT2D eigenvalue weighted by Gasteiger charge is -2.11. The normalized spacial score (nSPS) is 16.0. The Labute approximate surface area is 125 Å². The zero-order valence-corrected chi connectivity index (χ0v) is 12.1. The summed E-state index contributed by atoms with van der Waals surface area (Å²) in [7, 11) is 0. The molecule has 0 spiro atoms. The molecule has 4 heteroatoms. The van der Waals surface area contributed by atoms with Gasteiger partial charge in [0.2, 0.25) is 0 Å². The largest absolute Gasteiger partial charge is 0.478 e. The Kier molecular flexibility index (Phi) is 2.62. The number of nitrogens with zero attached hydrogens (tertiary/aromatic N) is 1. The van der Waals surface area contributed by atoms with Crippen LogP contribution < -0.4 is 0 Å². The fraction of sp³-hybridized carbons (Fsp3) is 0.176. The molecule has 0 saturated heterocycles. The molecule has 2 aromatic carbocycles. The van der Waals surface area contributed by atoms with Gasteiger partial charge >= 0.3 is 5.97 Å². The molecule has 0 bridgehead atoms. The van der Waals surface area contributed by atoms with Crippen molar-refractivity contribution in [3.8, 4) is 0 Å². The van der Waals surface area contributed by atoms with E-state index in [0.717, 1.165) is 28.1 Å². The van der Waals surface area contributed by atoms with Gasteiger partial charge in [-0.1, -0.05) is 30.3 Å². The van der Waals surface area contributed by atoms with Gasteiger partial charge in [0, 0.05) is 5.41 Å². The van der Waals surface area contributed by atoms with Crippen LogP contribution in [0.1, 0.15) is 33.8 Å². The summed E-state index contributed by atoms with van der Waals surface area (Å²) in [6.07, 6.45) is 2.23. The Morgan fingerprint density at radius 1 is 1.14 bits per heavy atom. The number of thiazole rings is 1. The highest BCUT2D eigenvalue weighted by Crippen LogP contribution is 2.55. The zero-order chi connectivity index (χ0) is 14.4. The summed E-state index contributed by atoms with van der Waals surface area (Å²) in [5, 5.41) is 10.2. The minimum Gasteiger partial charge on any atom is -0.478 e. The fourth-order valence-electron chi connectivity index (χ4n) is 2.77. The smallest absolute Gasteiger partial charge is 0.335 e. The molecular weight excluding hydrogens is 282 g/mol. The number of benzene rings is 2. The summed E-state index contributed by atoms with van der Waals surface area (Å²) in [4.78, 5) is 15.8. The minimum absolute atomic E-state index is 0.0499. The predicted octanol–water partition coefficient (Wildman–Crippen LogP) is 4.07. The first-order valence-corrected chi connectivity index (χ1v) is 7.71. The van der Waals surface area contributed by atoms with Gasteiger partial charge in [0.05, 0.1) is 15.8 Å². The average molecular weight is 295 g/mol. The second-order valence-electron chi connectivity index (χ2n) is 5.45. The van der Waals surface area contributed by atoms with Crippen molar-refractivity contribution in [2.24, 2.45) is 0 Å². The number of fused-ring (bicyclic) bond motifs is 1. The van der Waals surface area contributed by atoms with Crippen molar-refractivity contribution < 1.29 is 9.90 Å². The summed E-state index contributed by atoms with van der Waals surface area (Å²) in [5.74, 6) is -0.893. The maximum absolute atomic E-state index is 11.1. The second-order valence-corrected chi connectivity index (χ2v) is 6.49. The number of carboxylic acid groups (broad SMARTS) is 1. The number of hydrogen-bond donors (Lipinski definition) is 1. The molecule has 21 heavy (non-hydrogen) atoms. The molecule has 3 aromatic rings. The van der Waals surface area contributed by atoms with Crippen LogP contribution in [-0.2, 0) is 5.41 Å². The van der Waals surface area contributed by atoms with E-state index in [-0.39, 0.29) is 5.41 Å². The lowest BCUT2D eigenvalue weighted by Crippen LogP contribution is -2.07. The van der Waals surface area contributed by atoms with E-state index in [1.165, 1.54) is 5.56 Å². The molecule has 0 aliphatic heterocycles. The van der Waals surface area contributed by atoms with Gasteiger partial charge in [-0.05, 0) is 36.6 Å². The summed E-state index contributed by atoms with van der Waals surface area (Å²) < 4.78 is 0.951. The molecule has 0 atom stereocenters. The first-order chi connectivity index (χ1) is 10.2. The van der Waals surface area contributed by atoms with Crippen molar-refractivity contribution in [3.05, 3.63) is 64.7 Å². The number of carbonyl (C=O) groups is 1. The molecular formula is C17H13NO2S. The van der Waals surface area contributed by atoms with E-state index in [0.29, 0.717) is 5.56 Å². The van der Waals surface area contributed by atoms with Crippen molar-refractivity contribution in [2.45, 2.75) is 18.3 Å². The van der Waals surface area contributed by atoms with E-state index >= 15 is 0 Å². The highest BCUT2D eigenvalue weighted by Gasteiger charge is 2.48. The van der Waals surface area contributed by atoms with Crippen molar-refractivity contribution in [1.82, 2.24) is 4.98 Å². The summed E-state index contributed by atoms with van der Waals surface area (Å²) >= 11 is 1.62. The van der Waals surface area contributed by atoms with Crippen molar-refractivity contribution in [3.63, 3.8) is 0 Å². The Hall–Kier alpha value is -2.20. The molecule has 1 heterocycles. The molecule has 1 fully saturated rings. The average Bonchev–Trinajstić information content (AvgIpc) is 3.21. The molecule has 1 saturated carbocycles. The van der Waals surface area contributed by atoms with Gasteiger partial charge in [-0.15, -0.1) is 11.3 Å². The number of hydrogen-bond acceptors (Lipinski definition) is 3. The second kappa shape index (κ2) is 4.40. The van der Waals surface area contributed by atoms with Crippen LogP contribution in [0.4, 0.5) is 0 Å². The molecule has 1 aliphatic rings. The summed E-state index contributed by atoms with van der Waals surface area (Å²) in [5.41, 5.74) is 2.57. The Balaban J connectivity index is 1.83. The van der Waals surface area contributed by atoms with Crippen molar-refractivity contribution >= 4 is 27.5 Å². The van der Waals surface area contributed by atoms with Crippen LogP contribution in [0.5, 0.6) is 0 Å². The Morgan fingerprint density at radius 3 is 2.57 bits per heavy atom. The van der Waals surface area contributed by atoms with Gasteiger partial charge in [0.15, 0.2) is 0 Å². The SMILES string of the molecule is O=C(O)c1ccc2nc(C3(c4ccccc4)CC3)sc2c1. The third-order valence-corrected chi connectivity index (χ3v) is 5.34. The molecule has 0 amide bonds. The number of aromatic nitrogens is 1. The van der Waals surface area contributed by atoms with Crippen LogP contribution in [0.3, 0.4) is 0 Å². The van der Waals surface area contributed by atoms with Gasteiger partial charge in [-0.2, -0.15) is 0 Å². The molecule has 1 N–H and O–H groups in total. The van der Waals surface area contributed by atoms with Gasteiger partial charge < -0.3 is 5.11 Å². The van der Waals surface area contributed by atoms with Crippen LogP contribution in [-0.4, -0.2) is 16.1 Å². The van der Waals surface area contributed by atoms with Gasteiger partial charge in [-0.3, -0.25) is 0 Å². The van der Waals surface area contributed by atoms with E-state index in [9.17, 15) is 4.79 Å². The monoisotopic (exact) mass is 295 g/mol. The van der Waals surface area contributed by atoms with E-state index in [4.69, 9.17) is 10.1 Å². The quantitative estimate of drug-likeness (QED) is 0.792. The van der Waals surface area contributed by atoms with E-state index in [1.54, 1.807) is 29.5 Å². The lowest BCUT2D eigenvalue weighted by atomic mass is 9.97. The molecule has 104 valence electrons. The van der Waals surface area contributed by atoms with Crippen LogP contribution in [0.25, 0.3) is 10.2 Å². The minimum atomic E-state index is -0.893. The van der Waals surface area contributed by atoms with Crippen LogP contribution in [0.2, 0.25) is 0 Å². The lowest BCUT2D eigenvalue weighted by molar-refractivity contribution is 0.0697. The van der Waals surface area contributed by atoms with Crippen LogP contribution in [0.15, 0.2) is 48.5 Å². The topological polar surface area (TPSA) is 50.2 Å². The van der Waals surface area contributed by atoms with E-state index < -0.39 is 5.97 Å². The van der Waals surface area contributed by atoms with E-state index in [1.807, 2.05) is 6.07 Å².